The normalized spacial score (nSPS) is 9.47. The summed E-state index contributed by atoms with van der Waals surface area (Å²) in [4.78, 5) is 33.6. The zero-order chi connectivity index (χ0) is 11.8. The number of carboxylic acids is 1. The van der Waals surface area contributed by atoms with Gasteiger partial charge >= 0.3 is 5.97 Å². The second kappa shape index (κ2) is 6.80. The van der Waals surface area contributed by atoms with Crippen molar-refractivity contribution in [1.82, 2.24) is 10.2 Å². The molecule has 2 amide bonds. The highest BCUT2D eigenvalue weighted by molar-refractivity contribution is 5.85. The summed E-state index contributed by atoms with van der Waals surface area (Å²) in [6.07, 6.45) is 0.131. The fourth-order valence-electron chi connectivity index (χ4n) is 0.988. The maximum Gasteiger partial charge on any atom is 0.323 e. The van der Waals surface area contributed by atoms with Gasteiger partial charge in [0.1, 0.15) is 6.54 Å². The number of nitrogens with one attached hydrogen (secondary N) is 1. The minimum atomic E-state index is -1.07. The number of amides is 2. The number of nitrogens with zero attached hydrogens (tertiary/aromatic N) is 1. The van der Waals surface area contributed by atoms with E-state index in [0.717, 1.165) is 4.90 Å². The summed E-state index contributed by atoms with van der Waals surface area (Å²) in [5.41, 5.74) is 0. The predicted octanol–water partition coefficient (Wildman–Crippen LogP) is -0.554. The molecular weight excluding hydrogens is 200 g/mol. The summed E-state index contributed by atoms with van der Waals surface area (Å²) in [6, 6.07) is 0. The van der Waals surface area contributed by atoms with Crippen LogP contribution in [-0.4, -0.2) is 47.9 Å². The van der Waals surface area contributed by atoms with E-state index in [1.165, 1.54) is 7.05 Å². The van der Waals surface area contributed by atoms with E-state index in [1.807, 2.05) is 0 Å². The van der Waals surface area contributed by atoms with Gasteiger partial charge in [-0.05, 0) is 6.92 Å². The predicted molar refractivity (Wildman–Crippen MR) is 53.2 cm³/mol. The van der Waals surface area contributed by atoms with Crippen LogP contribution in [-0.2, 0) is 14.4 Å². The van der Waals surface area contributed by atoms with Gasteiger partial charge in [0.15, 0.2) is 0 Å². The molecule has 2 N–H and O–H groups in total. The molecule has 0 saturated carbocycles. The zero-order valence-electron chi connectivity index (χ0n) is 8.95. The number of rotatable bonds is 6. The molecule has 0 rings (SSSR count). The average Bonchev–Trinajstić information content (AvgIpc) is 2.13. The molecule has 0 heterocycles. The minimum absolute atomic E-state index is 0.0373. The molecule has 0 saturated heterocycles. The van der Waals surface area contributed by atoms with Gasteiger partial charge < -0.3 is 15.3 Å². The Balaban J connectivity index is 3.82. The van der Waals surface area contributed by atoms with Gasteiger partial charge in [-0.1, -0.05) is 0 Å². The number of hydrogen-bond acceptors (Lipinski definition) is 3. The van der Waals surface area contributed by atoms with Crippen LogP contribution in [0.2, 0.25) is 0 Å². The van der Waals surface area contributed by atoms with Crippen LogP contribution in [0.1, 0.15) is 19.8 Å². The van der Waals surface area contributed by atoms with Crippen molar-refractivity contribution in [3.8, 4) is 0 Å². The van der Waals surface area contributed by atoms with E-state index >= 15 is 0 Å². The van der Waals surface area contributed by atoms with Crippen LogP contribution < -0.4 is 5.32 Å². The van der Waals surface area contributed by atoms with Crippen LogP contribution >= 0.6 is 0 Å². The highest BCUT2D eigenvalue weighted by Crippen LogP contribution is 1.95. The lowest BCUT2D eigenvalue weighted by atomic mass is 10.2. The molecule has 0 aromatic rings. The third-order valence-corrected chi connectivity index (χ3v) is 1.74. The summed E-state index contributed by atoms with van der Waals surface area (Å²) >= 11 is 0. The topological polar surface area (TPSA) is 86.7 Å². The maximum absolute atomic E-state index is 11.3. The molecule has 0 aromatic carbocycles. The van der Waals surface area contributed by atoms with Crippen molar-refractivity contribution in [2.45, 2.75) is 19.8 Å². The third-order valence-electron chi connectivity index (χ3n) is 1.74. The summed E-state index contributed by atoms with van der Waals surface area (Å²) < 4.78 is 0. The maximum atomic E-state index is 11.3. The number of carbonyl (C=O) groups excluding carboxylic acids is 2. The van der Waals surface area contributed by atoms with E-state index < -0.39 is 5.97 Å². The van der Waals surface area contributed by atoms with Crippen LogP contribution in [0.4, 0.5) is 0 Å². The van der Waals surface area contributed by atoms with Crippen molar-refractivity contribution in [2.24, 2.45) is 0 Å². The van der Waals surface area contributed by atoms with Gasteiger partial charge in [-0.25, -0.2) is 0 Å². The van der Waals surface area contributed by atoms with Crippen molar-refractivity contribution in [2.75, 3.05) is 20.1 Å². The number of carbonyl (C=O) groups is 3. The Morgan fingerprint density at radius 1 is 1.27 bits per heavy atom. The van der Waals surface area contributed by atoms with Gasteiger partial charge in [0.25, 0.3) is 0 Å². The smallest absolute Gasteiger partial charge is 0.323 e. The lowest BCUT2D eigenvalue weighted by Gasteiger charge is -2.13. The average molecular weight is 216 g/mol. The van der Waals surface area contributed by atoms with Gasteiger partial charge in [-0.2, -0.15) is 0 Å². The minimum Gasteiger partial charge on any atom is -0.480 e. The largest absolute Gasteiger partial charge is 0.480 e. The van der Waals surface area contributed by atoms with Gasteiger partial charge in [0.2, 0.25) is 11.8 Å². The summed E-state index contributed by atoms with van der Waals surface area (Å²) in [5, 5.41) is 11.0. The molecule has 6 nitrogen and oxygen atoms in total. The van der Waals surface area contributed by atoms with Crippen LogP contribution in [0.3, 0.4) is 0 Å². The monoisotopic (exact) mass is 216 g/mol. The van der Waals surface area contributed by atoms with E-state index in [-0.39, 0.29) is 31.2 Å². The Labute approximate surface area is 88.2 Å². The first kappa shape index (κ1) is 13.4. The van der Waals surface area contributed by atoms with E-state index in [1.54, 1.807) is 6.92 Å². The van der Waals surface area contributed by atoms with Crippen LogP contribution in [0.5, 0.6) is 0 Å². The van der Waals surface area contributed by atoms with Crippen LogP contribution in [0.25, 0.3) is 0 Å². The van der Waals surface area contributed by atoms with Gasteiger partial charge in [-0.15, -0.1) is 0 Å². The summed E-state index contributed by atoms with van der Waals surface area (Å²) in [7, 11) is 1.40. The molecule has 0 aromatic heterocycles. The van der Waals surface area contributed by atoms with E-state index in [9.17, 15) is 14.4 Å². The quantitative estimate of drug-likeness (QED) is 0.623. The molecule has 0 fully saturated rings. The Morgan fingerprint density at radius 3 is 2.33 bits per heavy atom. The molecule has 0 aliphatic carbocycles. The first-order valence-electron chi connectivity index (χ1n) is 4.69. The molecule has 0 unspecified atom stereocenters. The van der Waals surface area contributed by atoms with E-state index in [4.69, 9.17) is 5.11 Å². The molecular formula is C9H16N2O4. The number of carboxylic acid groups (broad SMARTS) is 1. The summed E-state index contributed by atoms with van der Waals surface area (Å²) in [6.45, 7) is 1.97. The highest BCUT2D eigenvalue weighted by Gasteiger charge is 2.13. The number of aliphatic carboxylic acids is 1. The molecule has 0 aliphatic rings. The number of likely N-dealkylation sites (N-methyl/N-ethyl adjacent to an activating group) is 1. The number of hydrogen-bond donors (Lipinski definition) is 2. The molecule has 6 heteroatoms. The Hall–Kier alpha value is -1.59. The van der Waals surface area contributed by atoms with Crippen LogP contribution in [0.15, 0.2) is 0 Å². The Bertz CT molecular complexity index is 252. The van der Waals surface area contributed by atoms with Crippen molar-refractivity contribution in [3.05, 3.63) is 0 Å². The van der Waals surface area contributed by atoms with Gasteiger partial charge in [-0.3, -0.25) is 14.4 Å². The van der Waals surface area contributed by atoms with Gasteiger partial charge in [0, 0.05) is 26.4 Å². The Kier molecular flexibility index (Phi) is 6.08. The zero-order valence-corrected chi connectivity index (χ0v) is 8.95. The molecule has 0 spiro atoms. The fourth-order valence-corrected chi connectivity index (χ4v) is 0.988. The van der Waals surface area contributed by atoms with E-state index in [0.29, 0.717) is 6.54 Å². The van der Waals surface area contributed by atoms with Crippen molar-refractivity contribution in [3.63, 3.8) is 0 Å². The third kappa shape index (κ3) is 6.48. The van der Waals surface area contributed by atoms with Gasteiger partial charge in [0.05, 0.1) is 0 Å². The van der Waals surface area contributed by atoms with E-state index in [2.05, 4.69) is 5.32 Å². The summed E-state index contributed by atoms with van der Waals surface area (Å²) in [5.74, 6) is -1.61. The van der Waals surface area contributed by atoms with Crippen molar-refractivity contribution in [1.29, 1.82) is 0 Å². The lowest BCUT2D eigenvalue weighted by Crippen LogP contribution is -2.33. The first-order valence-corrected chi connectivity index (χ1v) is 4.69. The fraction of sp³-hybridized carbons (Fsp3) is 0.667. The molecule has 0 radical (unpaired) electrons. The second-order valence-corrected chi connectivity index (χ2v) is 3.10. The lowest BCUT2D eigenvalue weighted by molar-refractivity contribution is -0.143. The molecule has 0 bridgehead atoms. The molecule has 0 aliphatic heterocycles. The van der Waals surface area contributed by atoms with Crippen molar-refractivity contribution < 1.29 is 19.5 Å². The Morgan fingerprint density at radius 2 is 1.87 bits per heavy atom. The first-order chi connectivity index (χ1) is 6.97. The SMILES string of the molecule is CCNC(=O)CCC(=O)N(C)CC(=O)O. The molecule has 0 atom stereocenters. The highest BCUT2D eigenvalue weighted by atomic mass is 16.4. The van der Waals surface area contributed by atoms with Crippen LogP contribution in [0, 0.1) is 0 Å². The van der Waals surface area contributed by atoms with Crippen molar-refractivity contribution >= 4 is 17.8 Å². The second-order valence-electron chi connectivity index (χ2n) is 3.10. The molecule has 86 valence electrons. The standard InChI is InChI=1S/C9H16N2O4/c1-3-10-7(12)4-5-8(13)11(2)6-9(14)15/h3-6H2,1-2H3,(H,10,12)(H,14,15). The molecule has 15 heavy (non-hydrogen) atoms.